The van der Waals surface area contributed by atoms with E-state index >= 15 is 0 Å². The summed E-state index contributed by atoms with van der Waals surface area (Å²) in [5, 5.41) is 7.00. The van der Waals surface area contributed by atoms with Crippen molar-refractivity contribution in [3.63, 3.8) is 0 Å². The van der Waals surface area contributed by atoms with Crippen molar-refractivity contribution in [3.8, 4) is 51.0 Å². The Bertz CT molecular complexity index is 3500. The van der Waals surface area contributed by atoms with Gasteiger partial charge in [-0.2, -0.15) is 0 Å². The van der Waals surface area contributed by atoms with Crippen LogP contribution < -0.4 is 0 Å². The van der Waals surface area contributed by atoms with Gasteiger partial charge in [0.05, 0.1) is 11.0 Å². The molecule has 0 saturated carbocycles. The third kappa shape index (κ3) is 5.43. The fraction of sp³-hybridized carbons (Fsp3) is 0.0185. The van der Waals surface area contributed by atoms with Crippen LogP contribution >= 0.6 is 0 Å². The van der Waals surface area contributed by atoms with Crippen LogP contribution in [0.15, 0.2) is 193 Å². The number of hydrogen-bond donors (Lipinski definition) is 0. The normalized spacial score (nSPS) is 12.5. The van der Waals surface area contributed by atoms with Crippen molar-refractivity contribution in [3.05, 3.63) is 199 Å². The molecule has 12 rings (SSSR count). The summed E-state index contributed by atoms with van der Waals surface area (Å²) in [7, 11) is 0. The SMILES string of the molecule is C1=CCc2ccc3c(c2C=C1)c1c2ccccc2ccc1n3-c1ccc2c(c1)oc1cccc(-c3nc(-c4ccccc4)nc(-c4ccc(-c5ccccc5)cc4)n3)c12. The number of aromatic nitrogens is 4. The van der Waals surface area contributed by atoms with Gasteiger partial charge in [0.2, 0.25) is 0 Å². The van der Waals surface area contributed by atoms with Gasteiger partial charge in [0.15, 0.2) is 17.5 Å². The Kier molecular flexibility index (Phi) is 7.53. The van der Waals surface area contributed by atoms with E-state index in [4.69, 9.17) is 19.4 Å². The number of hydrogen-bond acceptors (Lipinski definition) is 4. The Labute approximate surface area is 339 Å². The molecule has 0 bridgehead atoms. The maximum absolute atomic E-state index is 6.74. The molecule has 0 fully saturated rings. The molecule has 0 spiro atoms. The highest BCUT2D eigenvalue weighted by Crippen LogP contribution is 2.43. The van der Waals surface area contributed by atoms with Gasteiger partial charge in [-0.05, 0) is 69.8 Å². The Hall–Kier alpha value is -7.89. The Morgan fingerprint density at radius 3 is 1.97 bits per heavy atom. The quantitative estimate of drug-likeness (QED) is 0.176. The monoisotopic (exact) mass is 754 g/mol. The van der Waals surface area contributed by atoms with Crippen LogP contribution in [0.25, 0.3) is 112 Å². The smallest absolute Gasteiger partial charge is 0.164 e. The standard InChI is InChI=1S/C54H34N4O/c1-4-13-34(14-5-1)35-23-25-39(26-24-35)53-55-52(38-17-7-2-8-18-38)56-54(57-53)44-21-12-22-47-49(44)43-30-29-40(33-48(43)59-47)58-45-31-27-36-15-6-3-9-19-41(36)50(45)51-42-20-11-10-16-37(42)28-32-46(51)58/h1-14,16-33H,15H2. The highest BCUT2D eigenvalue weighted by atomic mass is 16.3. The predicted molar refractivity (Wildman–Crippen MR) is 243 cm³/mol. The molecule has 3 aromatic heterocycles. The minimum Gasteiger partial charge on any atom is -0.456 e. The van der Waals surface area contributed by atoms with E-state index in [1.54, 1.807) is 0 Å². The summed E-state index contributed by atoms with van der Waals surface area (Å²) >= 11 is 0. The molecule has 5 nitrogen and oxygen atoms in total. The number of benzene rings is 8. The van der Waals surface area contributed by atoms with E-state index in [0.29, 0.717) is 17.5 Å². The molecule has 3 heterocycles. The van der Waals surface area contributed by atoms with Gasteiger partial charge in [0.25, 0.3) is 0 Å². The molecule has 5 heteroatoms. The average Bonchev–Trinajstić information content (AvgIpc) is 3.75. The fourth-order valence-electron chi connectivity index (χ4n) is 8.94. The van der Waals surface area contributed by atoms with E-state index in [-0.39, 0.29) is 0 Å². The average molecular weight is 755 g/mol. The lowest BCUT2D eigenvalue weighted by atomic mass is 9.96. The van der Waals surface area contributed by atoms with Crippen molar-refractivity contribution in [1.29, 1.82) is 0 Å². The molecule has 1 aliphatic carbocycles. The fourth-order valence-corrected chi connectivity index (χ4v) is 8.94. The number of fused-ring (bicyclic) bond motifs is 10. The van der Waals surface area contributed by atoms with Crippen LogP contribution in [0.5, 0.6) is 0 Å². The molecule has 8 aromatic carbocycles. The first-order chi connectivity index (χ1) is 29.2. The second-order valence-corrected chi connectivity index (χ2v) is 15.1. The molecule has 59 heavy (non-hydrogen) atoms. The van der Waals surface area contributed by atoms with Gasteiger partial charge in [0, 0.05) is 50.0 Å². The van der Waals surface area contributed by atoms with Crippen molar-refractivity contribution in [2.75, 3.05) is 0 Å². The predicted octanol–water partition coefficient (Wildman–Crippen LogP) is 13.8. The molecule has 0 radical (unpaired) electrons. The summed E-state index contributed by atoms with van der Waals surface area (Å²) in [6.07, 6.45) is 9.72. The van der Waals surface area contributed by atoms with Crippen LogP contribution in [-0.2, 0) is 6.42 Å². The number of rotatable bonds is 5. The number of furan rings is 1. The largest absolute Gasteiger partial charge is 0.456 e. The minimum atomic E-state index is 0.593. The second-order valence-electron chi connectivity index (χ2n) is 15.1. The van der Waals surface area contributed by atoms with Crippen LogP contribution in [0, 0.1) is 0 Å². The zero-order chi connectivity index (χ0) is 38.9. The first-order valence-electron chi connectivity index (χ1n) is 20.0. The van der Waals surface area contributed by atoms with Crippen LogP contribution in [0.2, 0.25) is 0 Å². The van der Waals surface area contributed by atoms with Crippen molar-refractivity contribution in [1.82, 2.24) is 19.5 Å². The topological polar surface area (TPSA) is 56.7 Å². The number of nitrogens with zero attached hydrogens (tertiary/aromatic N) is 4. The first kappa shape index (κ1) is 33.3. The van der Waals surface area contributed by atoms with E-state index < -0.39 is 0 Å². The van der Waals surface area contributed by atoms with E-state index in [1.807, 2.05) is 48.5 Å². The van der Waals surface area contributed by atoms with E-state index in [1.165, 1.54) is 38.2 Å². The maximum Gasteiger partial charge on any atom is 0.164 e. The Morgan fingerprint density at radius 1 is 0.458 bits per heavy atom. The summed E-state index contributed by atoms with van der Waals surface area (Å²) < 4.78 is 9.13. The summed E-state index contributed by atoms with van der Waals surface area (Å²) in [6, 6.07) is 59.4. The zero-order valence-electron chi connectivity index (χ0n) is 31.9. The van der Waals surface area contributed by atoms with Gasteiger partial charge in [-0.1, -0.05) is 158 Å². The summed E-state index contributed by atoms with van der Waals surface area (Å²) in [6.45, 7) is 0. The van der Waals surface area contributed by atoms with Crippen molar-refractivity contribution < 1.29 is 4.42 Å². The molecule has 276 valence electrons. The molecule has 0 N–H and O–H groups in total. The lowest BCUT2D eigenvalue weighted by Gasteiger charge is -2.10. The lowest BCUT2D eigenvalue weighted by molar-refractivity contribution is 0.668. The van der Waals surface area contributed by atoms with Gasteiger partial charge in [-0.25, -0.2) is 15.0 Å². The van der Waals surface area contributed by atoms with Crippen LogP contribution in [-0.4, -0.2) is 19.5 Å². The Morgan fingerprint density at radius 2 is 1.14 bits per heavy atom. The van der Waals surface area contributed by atoms with Gasteiger partial charge in [-0.15, -0.1) is 0 Å². The minimum absolute atomic E-state index is 0.593. The van der Waals surface area contributed by atoms with Gasteiger partial charge in [0.1, 0.15) is 11.2 Å². The third-order valence-corrected chi connectivity index (χ3v) is 11.7. The summed E-state index contributed by atoms with van der Waals surface area (Å²) in [5.41, 5.74) is 12.6. The number of allylic oxidation sites excluding steroid dienone is 3. The van der Waals surface area contributed by atoms with Gasteiger partial charge < -0.3 is 8.98 Å². The van der Waals surface area contributed by atoms with Crippen molar-refractivity contribution >= 4 is 60.6 Å². The molecule has 0 amide bonds. The van der Waals surface area contributed by atoms with E-state index in [0.717, 1.165) is 67.4 Å². The molecule has 1 aliphatic rings. The second kappa shape index (κ2) is 13.4. The van der Waals surface area contributed by atoms with Crippen LogP contribution in [0.4, 0.5) is 0 Å². The molecular formula is C54H34N4O. The molecule has 0 aliphatic heterocycles. The molecule has 0 atom stereocenters. The van der Waals surface area contributed by atoms with Crippen molar-refractivity contribution in [2.24, 2.45) is 0 Å². The first-order valence-corrected chi connectivity index (χ1v) is 20.0. The molecular weight excluding hydrogens is 721 g/mol. The molecule has 0 saturated heterocycles. The van der Waals surface area contributed by atoms with Crippen LogP contribution in [0.3, 0.4) is 0 Å². The summed E-state index contributed by atoms with van der Waals surface area (Å²) in [5.74, 6) is 1.83. The highest BCUT2D eigenvalue weighted by molar-refractivity contribution is 6.24. The van der Waals surface area contributed by atoms with Crippen LogP contribution in [0.1, 0.15) is 11.1 Å². The van der Waals surface area contributed by atoms with Crippen molar-refractivity contribution in [2.45, 2.75) is 6.42 Å². The zero-order valence-corrected chi connectivity index (χ0v) is 31.9. The highest BCUT2D eigenvalue weighted by Gasteiger charge is 2.22. The van der Waals surface area contributed by atoms with E-state index in [2.05, 4.69) is 150 Å². The molecule has 11 aromatic rings. The third-order valence-electron chi connectivity index (χ3n) is 11.7. The lowest BCUT2D eigenvalue weighted by Crippen LogP contribution is -2.00. The maximum atomic E-state index is 6.74. The van der Waals surface area contributed by atoms with Gasteiger partial charge in [-0.3, -0.25) is 0 Å². The van der Waals surface area contributed by atoms with E-state index in [9.17, 15) is 0 Å². The van der Waals surface area contributed by atoms with Gasteiger partial charge >= 0.3 is 0 Å². The summed E-state index contributed by atoms with van der Waals surface area (Å²) in [4.78, 5) is 15.3. The molecule has 0 unspecified atom stereocenters. The Balaban J connectivity index is 1.04.